The summed E-state index contributed by atoms with van der Waals surface area (Å²) in [4.78, 5) is 11.7. The quantitative estimate of drug-likeness (QED) is 0.723. The average molecular weight is 368 g/mol. The second-order valence-electron chi connectivity index (χ2n) is 8.27. The van der Waals surface area contributed by atoms with Crippen molar-refractivity contribution < 1.29 is 0 Å². The van der Waals surface area contributed by atoms with Gasteiger partial charge in [-0.1, -0.05) is 12.8 Å². The van der Waals surface area contributed by atoms with Crippen LogP contribution in [0.25, 0.3) is 0 Å². The number of H-pyrrole nitrogens is 1. The van der Waals surface area contributed by atoms with Crippen molar-refractivity contribution in [1.29, 1.82) is 0 Å². The molecule has 144 valence electrons. The highest BCUT2D eigenvalue weighted by Gasteiger charge is 2.31. The van der Waals surface area contributed by atoms with Crippen molar-refractivity contribution in [1.82, 2.24) is 25.1 Å². The minimum Gasteiger partial charge on any atom is -0.351 e. The lowest BCUT2D eigenvalue weighted by Crippen LogP contribution is -2.40. The molecule has 5 rings (SSSR count). The van der Waals surface area contributed by atoms with E-state index < -0.39 is 0 Å². The number of nitrogens with one attached hydrogen (secondary N) is 3. The van der Waals surface area contributed by atoms with Gasteiger partial charge in [-0.15, -0.1) is 0 Å². The summed E-state index contributed by atoms with van der Waals surface area (Å²) in [5.41, 5.74) is 1.24. The lowest BCUT2D eigenvalue weighted by molar-refractivity contribution is 0.210. The van der Waals surface area contributed by atoms with Crippen LogP contribution in [0.15, 0.2) is 18.3 Å². The predicted molar refractivity (Wildman–Crippen MR) is 106 cm³/mol. The number of nitrogens with zero attached hydrogens (tertiary/aromatic N) is 4. The molecule has 3 aliphatic rings. The molecule has 0 aromatic carbocycles. The fraction of sp³-hybridized carbons (Fsp3) is 0.650. The van der Waals surface area contributed by atoms with Crippen molar-refractivity contribution in [3.8, 4) is 0 Å². The van der Waals surface area contributed by atoms with E-state index in [1.165, 1.54) is 70.2 Å². The monoisotopic (exact) mass is 367 g/mol. The summed E-state index contributed by atoms with van der Waals surface area (Å²) in [6.45, 7) is 2.38. The van der Waals surface area contributed by atoms with Gasteiger partial charge in [-0.2, -0.15) is 10.1 Å². The first-order valence-corrected chi connectivity index (χ1v) is 10.5. The highest BCUT2D eigenvalue weighted by Crippen LogP contribution is 2.34. The zero-order valence-corrected chi connectivity index (χ0v) is 15.8. The molecule has 2 aromatic rings. The van der Waals surface area contributed by atoms with Gasteiger partial charge < -0.3 is 15.5 Å². The third-order valence-corrected chi connectivity index (χ3v) is 6.23. The number of likely N-dealkylation sites (tertiary alicyclic amines) is 1. The third-order valence-electron chi connectivity index (χ3n) is 6.23. The highest BCUT2D eigenvalue weighted by molar-refractivity contribution is 5.53. The van der Waals surface area contributed by atoms with Crippen LogP contribution in [-0.2, 0) is 0 Å². The number of hydrogen-bond acceptors (Lipinski definition) is 6. The third kappa shape index (κ3) is 4.08. The van der Waals surface area contributed by atoms with E-state index in [9.17, 15) is 0 Å². The van der Waals surface area contributed by atoms with Crippen LogP contribution in [0, 0.1) is 0 Å². The Balaban J connectivity index is 1.18. The maximum Gasteiger partial charge on any atom is 0.224 e. The van der Waals surface area contributed by atoms with Crippen molar-refractivity contribution in [2.45, 2.75) is 69.4 Å². The molecule has 3 fully saturated rings. The first-order chi connectivity index (χ1) is 13.3. The van der Waals surface area contributed by atoms with E-state index in [-0.39, 0.29) is 0 Å². The van der Waals surface area contributed by atoms with Gasteiger partial charge in [0.2, 0.25) is 5.95 Å². The van der Waals surface area contributed by atoms with Crippen molar-refractivity contribution in [3.05, 3.63) is 24.0 Å². The van der Waals surface area contributed by atoms with Crippen molar-refractivity contribution in [3.63, 3.8) is 0 Å². The average Bonchev–Trinajstić information content (AvgIpc) is 3.19. The van der Waals surface area contributed by atoms with Gasteiger partial charge in [0, 0.05) is 49.0 Å². The summed E-state index contributed by atoms with van der Waals surface area (Å²) >= 11 is 0. The molecule has 3 N–H and O–H groups in total. The maximum atomic E-state index is 4.63. The van der Waals surface area contributed by atoms with Crippen LogP contribution in [-0.4, -0.2) is 50.2 Å². The normalized spacial score (nSPS) is 22.2. The number of aromatic amines is 1. The SMILES string of the molecule is c1cc(Nc2cc(C3CCCC3)[nH]n2)nc(NC2CCN(C3CC3)CC2)n1. The van der Waals surface area contributed by atoms with Crippen molar-refractivity contribution >= 4 is 17.6 Å². The molecule has 7 heteroatoms. The van der Waals surface area contributed by atoms with E-state index in [0.29, 0.717) is 17.9 Å². The molecule has 27 heavy (non-hydrogen) atoms. The Kier molecular flexibility index (Phi) is 4.69. The fourth-order valence-corrected chi connectivity index (χ4v) is 4.51. The van der Waals surface area contributed by atoms with Gasteiger partial charge in [0.15, 0.2) is 5.82 Å². The van der Waals surface area contributed by atoms with Crippen LogP contribution < -0.4 is 10.6 Å². The smallest absolute Gasteiger partial charge is 0.224 e. The molecule has 1 aliphatic heterocycles. The lowest BCUT2D eigenvalue weighted by atomic mass is 10.0. The van der Waals surface area contributed by atoms with Gasteiger partial charge >= 0.3 is 0 Å². The van der Waals surface area contributed by atoms with Gasteiger partial charge in [0.1, 0.15) is 5.82 Å². The lowest BCUT2D eigenvalue weighted by Gasteiger charge is -2.32. The zero-order valence-electron chi connectivity index (χ0n) is 15.8. The van der Waals surface area contributed by atoms with Gasteiger partial charge in [-0.25, -0.2) is 4.98 Å². The van der Waals surface area contributed by atoms with Crippen molar-refractivity contribution in [2.24, 2.45) is 0 Å². The van der Waals surface area contributed by atoms with Crippen LogP contribution >= 0.6 is 0 Å². The summed E-state index contributed by atoms with van der Waals surface area (Å²) in [5, 5.41) is 14.4. The Morgan fingerprint density at radius 1 is 1.00 bits per heavy atom. The number of anilines is 3. The fourth-order valence-electron chi connectivity index (χ4n) is 4.51. The Bertz CT molecular complexity index is 755. The number of rotatable bonds is 6. The van der Waals surface area contributed by atoms with E-state index in [2.05, 4.69) is 41.8 Å². The van der Waals surface area contributed by atoms with Gasteiger partial charge in [-0.05, 0) is 44.6 Å². The summed E-state index contributed by atoms with van der Waals surface area (Å²) in [7, 11) is 0. The summed E-state index contributed by atoms with van der Waals surface area (Å²) < 4.78 is 0. The van der Waals surface area contributed by atoms with Crippen LogP contribution in [0.3, 0.4) is 0 Å². The van der Waals surface area contributed by atoms with Gasteiger partial charge in [-0.3, -0.25) is 5.10 Å². The molecule has 0 radical (unpaired) electrons. The molecule has 3 heterocycles. The number of piperidine rings is 1. The molecule has 2 saturated carbocycles. The van der Waals surface area contributed by atoms with Gasteiger partial charge in [0.05, 0.1) is 0 Å². The van der Waals surface area contributed by atoms with E-state index in [4.69, 9.17) is 0 Å². The molecule has 7 nitrogen and oxygen atoms in total. The number of aromatic nitrogens is 4. The Morgan fingerprint density at radius 2 is 1.81 bits per heavy atom. The molecule has 0 atom stereocenters. The molecular weight excluding hydrogens is 338 g/mol. The molecule has 1 saturated heterocycles. The maximum absolute atomic E-state index is 4.63. The second-order valence-corrected chi connectivity index (χ2v) is 8.27. The molecular formula is C20H29N7. The van der Waals surface area contributed by atoms with Crippen LogP contribution in [0.4, 0.5) is 17.6 Å². The first kappa shape index (κ1) is 17.0. The van der Waals surface area contributed by atoms with Gasteiger partial charge in [0.25, 0.3) is 0 Å². The van der Waals surface area contributed by atoms with E-state index in [1.54, 1.807) is 0 Å². The Labute approximate surface area is 160 Å². The highest BCUT2D eigenvalue weighted by atomic mass is 15.2. The first-order valence-electron chi connectivity index (χ1n) is 10.5. The summed E-state index contributed by atoms with van der Waals surface area (Å²) in [5.74, 6) is 2.96. The van der Waals surface area contributed by atoms with E-state index in [0.717, 1.165) is 17.7 Å². The molecule has 0 bridgehead atoms. The number of hydrogen-bond donors (Lipinski definition) is 3. The molecule has 0 unspecified atom stereocenters. The van der Waals surface area contributed by atoms with Crippen LogP contribution in [0.5, 0.6) is 0 Å². The van der Waals surface area contributed by atoms with Crippen LogP contribution in [0.1, 0.15) is 63.0 Å². The Morgan fingerprint density at radius 3 is 2.59 bits per heavy atom. The van der Waals surface area contributed by atoms with Crippen molar-refractivity contribution in [2.75, 3.05) is 23.7 Å². The summed E-state index contributed by atoms with van der Waals surface area (Å²) in [6, 6.07) is 5.36. The minimum absolute atomic E-state index is 0.467. The molecule has 2 aromatic heterocycles. The summed E-state index contributed by atoms with van der Waals surface area (Å²) in [6.07, 6.45) is 12.1. The van der Waals surface area contributed by atoms with E-state index >= 15 is 0 Å². The Hall–Kier alpha value is -2.15. The topological polar surface area (TPSA) is 81.8 Å². The zero-order chi connectivity index (χ0) is 18.1. The van der Waals surface area contributed by atoms with E-state index in [1.807, 2.05) is 12.3 Å². The molecule has 2 aliphatic carbocycles. The largest absolute Gasteiger partial charge is 0.351 e. The molecule has 0 amide bonds. The second kappa shape index (κ2) is 7.46. The molecule has 0 spiro atoms. The minimum atomic E-state index is 0.467. The standard InChI is InChI=1S/C20H29N7/c1-2-4-14(3-1)17-13-19(26-25-17)23-18-7-10-21-20(24-18)22-15-8-11-27(12-9-15)16-5-6-16/h7,10,13-16H,1-6,8-9,11-12H2,(H3,21,22,23,24,25,26). The predicted octanol–water partition coefficient (Wildman–Crippen LogP) is 3.64. The van der Waals surface area contributed by atoms with Crippen LogP contribution in [0.2, 0.25) is 0 Å².